The van der Waals surface area contributed by atoms with Crippen molar-refractivity contribution >= 4 is 17.4 Å². The predicted molar refractivity (Wildman–Crippen MR) is 85.5 cm³/mol. The zero-order valence-corrected chi connectivity index (χ0v) is 13.5. The Balaban J connectivity index is 2.11. The van der Waals surface area contributed by atoms with E-state index >= 15 is 0 Å². The number of pyridine rings is 1. The summed E-state index contributed by atoms with van der Waals surface area (Å²) in [5.74, 6) is 0.941. The quantitative estimate of drug-likeness (QED) is 0.873. The third-order valence-electron chi connectivity index (χ3n) is 3.68. The molecule has 1 aliphatic rings. The first-order valence-electron chi connectivity index (χ1n) is 7.38. The van der Waals surface area contributed by atoms with Gasteiger partial charge in [0.15, 0.2) is 0 Å². The van der Waals surface area contributed by atoms with E-state index in [1.54, 1.807) is 0 Å². The summed E-state index contributed by atoms with van der Waals surface area (Å²) in [6.45, 7) is 5.98. The van der Waals surface area contributed by atoms with E-state index < -0.39 is 0 Å². The standard InChI is InChI=1S/C15H25ClN4/c1-4-17-9-12-8-14(16)15(18-10-12)20-7-5-6-13(20)11-19(2)3/h8,10,13,17H,4-7,9,11H2,1-3H3. The van der Waals surface area contributed by atoms with Crippen LogP contribution >= 0.6 is 11.6 Å². The lowest BCUT2D eigenvalue weighted by Crippen LogP contribution is -2.38. The lowest BCUT2D eigenvalue weighted by atomic mass is 10.2. The lowest BCUT2D eigenvalue weighted by Gasteiger charge is -2.28. The number of hydrogen-bond acceptors (Lipinski definition) is 4. The molecule has 5 heteroatoms. The smallest absolute Gasteiger partial charge is 0.147 e. The summed E-state index contributed by atoms with van der Waals surface area (Å²) < 4.78 is 0. The molecule has 0 saturated carbocycles. The molecule has 20 heavy (non-hydrogen) atoms. The highest BCUT2D eigenvalue weighted by Gasteiger charge is 2.27. The van der Waals surface area contributed by atoms with E-state index in [0.717, 1.165) is 42.6 Å². The van der Waals surface area contributed by atoms with Crippen molar-refractivity contribution in [3.8, 4) is 0 Å². The van der Waals surface area contributed by atoms with Gasteiger partial charge >= 0.3 is 0 Å². The fourth-order valence-corrected chi connectivity index (χ4v) is 3.07. The van der Waals surface area contributed by atoms with Gasteiger partial charge in [-0.3, -0.25) is 0 Å². The van der Waals surface area contributed by atoms with Gasteiger partial charge in [-0.25, -0.2) is 4.98 Å². The number of hydrogen-bond donors (Lipinski definition) is 1. The summed E-state index contributed by atoms with van der Waals surface area (Å²) in [6.07, 6.45) is 4.37. The average Bonchev–Trinajstić information content (AvgIpc) is 2.83. The molecule has 0 spiro atoms. The van der Waals surface area contributed by atoms with E-state index in [1.165, 1.54) is 12.8 Å². The first kappa shape index (κ1) is 15.5. The van der Waals surface area contributed by atoms with Gasteiger partial charge in [0, 0.05) is 31.9 Å². The Bertz CT molecular complexity index is 436. The Hall–Kier alpha value is -0.840. The molecular formula is C15H25ClN4. The molecule has 1 N–H and O–H groups in total. The lowest BCUT2D eigenvalue weighted by molar-refractivity contribution is 0.371. The molecule has 0 aliphatic carbocycles. The summed E-state index contributed by atoms with van der Waals surface area (Å²) in [6, 6.07) is 2.56. The first-order chi connectivity index (χ1) is 9.61. The van der Waals surface area contributed by atoms with Gasteiger partial charge in [-0.1, -0.05) is 18.5 Å². The Labute approximate surface area is 127 Å². The Morgan fingerprint density at radius 2 is 2.30 bits per heavy atom. The highest BCUT2D eigenvalue weighted by molar-refractivity contribution is 6.33. The van der Waals surface area contributed by atoms with Gasteiger partial charge in [0.05, 0.1) is 5.02 Å². The third-order valence-corrected chi connectivity index (χ3v) is 3.96. The van der Waals surface area contributed by atoms with Gasteiger partial charge in [0.25, 0.3) is 0 Å². The van der Waals surface area contributed by atoms with Crippen molar-refractivity contribution in [2.45, 2.75) is 32.4 Å². The molecule has 4 nitrogen and oxygen atoms in total. The predicted octanol–water partition coefficient (Wildman–Crippen LogP) is 2.37. The third kappa shape index (κ3) is 3.84. The monoisotopic (exact) mass is 296 g/mol. The number of nitrogens with zero attached hydrogens (tertiary/aromatic N) is 3. The van der Waals surface area contributed by atoms with Crippen LogP contribution in [0.3, 0.4) is 0 Å². The highest BCUT2D eigenvalue weighted by atomic mass is 35.5. The van der Waals surface area contributed by atoms with Crippen LogP contribution < -0.4 is 10.2 Å². The minimum Gasteiger partial charge on any atom is -0.351 e. The van der Waals surface area contributed by atoms with Crippen LogP contribution in [0.2, 0.25) is 5.02 Å². The molecule has 1 fully saturated rings. The zero-order chi connectivity index (χ0) is 14.5. The molecule has 1 aromatic rings. The molecule has 1 aliphatic heterocycles. The Morgan fingerprint density at radius 3 is 2.95 bits per heavy atom. The fourth-order valence-electron chi connectivity index (χ4n) is 2.77. The number of anilines is 1. The van der Waals surface area contributed by atoms with Crippen LogP contribution in [0, 0.1) is 0 Å². The average molecular weight is 297 g/mol. The number of rotatable bonds is 6. The second-order valence-corrected chi connectivity index (χ2v) is 6.09. The summed E-state index contributed by atoms with van der Waals surface area (Å²) in [4.78, 5) is 9.20. The van der Waals surface area contributed by atoms with E-state index in [0.29, 0.717) is 6.04 Å². The SMILES string of the molecule is CCNCc1cnc(N2CCCC2CN(C)C)c(Cl)c1. The summed E-state index contributed by atoms with van der Waals surface area (Å²) in [5, 5.41) is 4.07. The first-order valence-corrected chi connectivity index (χ1v) is 7.76. The van der Waals surface area contributed by atoms with Crippen molar-refractivity contribution in [1.82, 2.24) is 15.2 Å². The van der Waals surface area contributed by atoms with Gasteiger partial charge in [-0.05, 0) is 45.1 Å². The molecule has 0 radical (unpaired) electrons. The van der Waals surface area contributed by atoms with Crippen molar-refractivity contribution in [3.05, 3.63) is 22.8 Å². The second kappa shape index (κ2) is 7.25. The normalized spacial score (nSPS) is 19.1. The minimum atomic E-state index is 0.523. The maximum Gasteiger partial charge on any atom is 0.147 e. The van der Waals surface area contributed by atoms with Gasteiger partial charge < -0.3 is 15.1 Å². The van der Waals surface area contributed by atoms with E-state index in [9.17, 15) is 0 Å². The van der Waals surface area contributed by atoms with E-state index in [-0.39, 0.29) is 0 Å². The molecule has 0 aromatic carbocycles. The zero-order valence-electron chi connectivity index (χ0n) is 12.7. The highest BCUT2D eigenvalue weighted by Crippen LogP contribution is 2.30. The number of nitrogens with one attached hydrogen (secondary N) is 1. The summed E-state index contributed by atoms with van der Waals surface area (Å²) in [5.41, 5.74) is 1.14. The van der Waals surface area contributed by atoms with Crippen LogP contribution in [0.5, 0.6) is 0 Å². The maximum atomic E-state index is 6.44. The number of likely N-dealkylation sites (N-methyl/N-ethyl adjacent to an activating group) is 1. The number of halogens is 1. The molecule has 1 saturated heterocycles. The van der Waals surface area contributed by atoms with Gasteiger partial charge in [0.2, 0.25) is 0 Å². The van der Waals surface area contributed by atoms with Crippen molar-refractivity contribution < 1.29 is 0 Å². The van der Waals surface area contributed by atoms with Crippen LogP contribution in [-0.2, 0) is 6.54 Å². The minimum absolute atomic E-state index is 0.523. The molecule has 112 valence electrons. The Morgan fingerprint density at radius 1 is 1.50 bits per heavy atom. The number of aromatic nitrogens is 1. The second-order valence-electron chi connectivity index (χ2n) is 5.68. The van der Waals surface area contributed by atoms with Crippen LogP contribution in [0.15, 0.2) is 12.3 Å². The molecule has 0 bridgehead atoms. The largest absolute Gasteiger partial charge is 0.351 e. The molecule has 2 rings (SSSR count). The molecule has 1 unspecified atom stereocenters. The molecule has 2 heterocycles. The molecule has 0 amide bonds. The fraction of sp³-hybridized carbons (Fsp3) is 0.667. The summed E-state index contributed by atoms with van der Waals surface area (Å²) >= 11 is 6.44. The maximum absolute atomic E-state index is 6.44. The van der Waals surface area contributed by atoms with Crippen molar-refractivity contribution in [2.75, 3.05) is 38.6 Å². The van der Waals surface area contributed by atoms with E-state index in [1.807, 2.05) is 12.3 Å². The van der Waals surface area contributed by atoms with Crippen LogP contribution in [0.25, 0.3) is 0 Å². The van der Waals surface area contributed by atoms with Crippen molar-refractivity contribution in [1.29, 1.82) is 0 Å². The van der Waals surface area contributed by atoms with Crippen LogP contribution in [0.1, 0.15) is 25.3 Å². The molecule has 1 atom stereocenters. The van der Waals surface area contributed by atoms with Gasteiger partial charge in [0.1, 0.15) is 5.82 Å². The van der Waals surface area contributed by atoms with E-state index in [4.69, 9.17) is 11.6 Å². The van der Waals surface area contributed by atoms with Crippen molar-refractivity contribution in [2.24, 2.45) is 0 Å². The van der Waals surface area contributed by atoms with Gasteiger partial charge in [-0.2, -0.15) is 0 Å². The van der Waals surface area contributed by atoms with E-state index in [2.05, 4.69) is 41.1 Å². The van der Waals surface area contributed by atoms with Crippen LogP contribution in [-0.4, -0.2) is 49.7 Å². The van der Waals surface area contributed by atoms with Gasteiger partial charge in [-0.15, -0.1) is 0 Å². The topological polar surface area (TPSA) is 31.4 Å². The molecule has 1 aromatic heterocycles. The van der Waals surface area contributed by atoms with Crippen LogP contribution in [0.4, 0.5) is 5.82 Å². The summed E-state index contributed by atoms with van der Waals surface area (Å²) in [7, 11) is 4.23. The molecular weight excluding hydrogens is 272 g/mol. The van der Waals surface area contributed by atoms with Crippen molar-refractivity contribution in [3.63, 3.8) is 0 Å². The Kier molecular flexibility index (Phi) is 5.64.